The summed E-state index contributed by atoms with van der Waals surface area (Å²) in [5, 5.41) is 12.7. The Labute approximate surface area is 185 Å². The molecule has 4 aromatic rings. The van der Waals surface area contributed by atoms with Crippen molar-refractivity contribution in [3.8, 4) is 16.3 Å². The number of aromatic nitrogens is 4. The lowest BCUT2D eigenvalue weighted by Gasteiger charge is -2.10. The molecule has 0 fully saturated rings. The van der Waals surface area contributed by atoms with E-state index in [1.54, 1.807) is 23.1 Å². The third-order valence-electron chi connectivity index (χ3n) is 5.00. The fourth-order valence-electron chi connectivity index (χ4n) is 3.04. The van der Waals surface area contributed by atoms with Gasteiger partial charge in [-0.3, -0.25) is 0 Å². The van der Waals surface area contributed by atoms with Crippen molar-refractivity contribution in [3.63, 3.8) is 0 Å². The normalized spacial score (nSPS) is 11.1. The Balaban J connectivity index is 1.38. The van der Waals surface area contributed by atoms with Crippen molar-refractivity contribution in [1.82, 2.24) is 19.7 Å². The van der Waals surface area contributed by atoms with E-state index in [2.05, 4.69) is 66.7 Å². The van der Waals surface area contributed by atoms with E-state index < -0.39 is 0 Å². The zero-order chi connectivity index (χ0) is 21.1. The lowest BCUT2D eigenvalue weighted by Crippen LogP contribution is -2.05. The highest BCUT2D eigenvalue weighted by Crippen LogP contribution is 2.28. The van der Waals surface area contributed by atoms with Crippen LogP contribution in [0.25, 0.3) is 10.6 Å². The van der Waals surface area contributed by atoms with Gasteiger partial charge in [0.15, 0.2) is 11.0 Å². The third-order valence-corrected chi connectivity index (χ3v) is 7.00. The maximum Gasteiger partial charge on any atom is 0.191 e. The Bertz CT molecular complexity index is 1170. The summed E-state index contributed by atoms with van der Waals surface area (Å²) in [7, 11) is 1.98. The molecule has 4 rings (SSSR count). The van der Waals surface area contributed by atoms with E-state index in [1.165, 1.54) is 16.7 Å². The maximum atomic E-state index is 5.98. The first-order valence-electron chi connectivity index (χ1n) is 9.73. The van der Waals surface area contributed by atoms with Gasteiger partial charge >= 0.3 is 0 Å². The number of nitrogens with zero attached hydrogens (tertiary/aromatic N) is 4. The van der Waals surface area contributed by atoms with Crippen LogP contribution in [-0.2, 0) is 19.4 Å². The van der Waals surface area contributed by atoms with Crippen LogP contribution in [0.1, 0.15) is 28.2 Å². The molecule has 30 heavy (non-hydrogen) atoms. The lowest BCUT2D eigenvalue weighted by atomic mass is 10.1. The molecule has 0 aliphatic heterocycles. The monoisotopic (exact) mass is 436 g/mol. The second-order valence-corrected chi connectivity index (χ2v) is 9.05. The molecule has 0 saturated carbocycles. The number of hydrogen-bond acceptors (Lipinski definition) is 6. The minimum Gasteiger partial charge on any atom is -0.485 e. The van der Waals surface area contributed by atoms with Crippen LogP contribution < -0.4 is 4.74 Å². The summed E-state index contributed by atoms with van der Waals surface area (Å²) in [6.07, 6.45) is 0. The highest BCUT2D eigenvalue weighted by molar-refractivity contribution is 7.98. The van der Waals surface area contributed by atoms with Gasteiger partial charge in [0.05, 0.1) is 5.69 Å². The van der Waals surface area contributed by atoms with Gasteiger partial charge in [0.2, 0.25) is 0 Å². The fourth-order valence-corrected chi connectivity index (χ4v) is 4.79. The third kappa shape index (κ3) is 4.57. The Hall–Kier alpha value is -2.64. The molecular formula is C23H24N4OS2. The van der Waals surface area contributed by atoms with Gasteiger partial charge in [-0.25, -0.2) is 4.98 Å². The summed E-state index contributed by atoms with van der Waals surface area (Å²) >= 11 is 3.31. The van der Waals surface area contributed by atoms with Crippen LogP contribution in [-0.4, -0.2) is 19.7 Å². The first kappa shape index (κ1) is 20.6. The second-order valence-electron chi connectivity index (χ2n) is 7.25. The van der Waals surface area contributed by atoms with Crippen LogP contribution in [0.3, 0.4) is 0 Å². The van der Waals surface area contributed by atoms with E-state index in [1.807, 2.05) is 23.7 Å². The largest absolute Gasteiger partial charge is 0.485 e. The minimum absolute atomic E-state index is 0.391. The van der Waals surface area contributed by atoms with Crippen molar-refractivity contribution in [1.29, 1.82) is 0 Å². The Morgan fingerprint density at radius 1 is 1.07 bits per heavy atom. The molecule has 2 aromatic carbocycles. The van der Waals surface area contributed by atoms with Crippen molar-refractivity contribution >= 4 is 23.1 Å². The average Bonchev–Trinajstić information content (AvgIpc) is 3.34. The van der Waals surface area contributed by atoms with Crippen molar-refractivity contribution < 1.29 is 4.74 Å². The highest BCUT2D eigenvalue weighted by atomic mass is 32.2. The molecule has 0 radical (unpaired) electrons. The van der Waals surface area contributed by atoms with E-state index >= 15 is 0 Å². The Kier molecular flexibility index (Phi) is 6.20. The Morgan fingerprint density at radius 2 is 1.90 bits per heavy atom. The maximum absolute atomic E-state index is 5.98. The van der Waals surface area contributed by atoms with E-state index in [0.29, 0.717) is 6.61 Å². The summed E-state index contributed by atoms with van der Waals surface area (Å²) < 4.78 is 7.97. The summed E-state index contributed by atoms with van der Waals surface area (Å²) in [5.41, 5.74) is 5.84. The quantitative estimate of drug-likeness (QED) is 0.346. The number of aryl methyl sites for hydroxylation is 2. The molecule has 5 nitrogen and oxygen atoms in total. The second kappa shape index (κ2) is 9.02. The van der Waals surface area contributed by atoms with E-state index in [9.17, 15) is 0 Å². The molecule has 0 unspecified atom stereocenters. The number of hydrogen-bond donors (Lipinski definition) is 0. The van der Waals surface area contributed by atoms with E-state index in [-0.39, 0.29) is 0 Å². The smallest absolute Gasteiger partial charge is 0.191 e. The van der Waals surface area contributed by atoms with Crippen LogP contribution in [0.5, 0.6) is 5.75 Å². The molecule has 0 aliphatic carbocycles. The molecule has 0 aliphatic rings. The number of ether oxygens (including phenoxy) is 1. The van der Waals surface area contributed by atoms with Crippen LogP contribution in [0.4, 0.5) is 0 Å². The Morgan fingerprint density at radius 3 is 2.73 bits per heavy atom. The summed E-state index contributed by atoms with van der Waals surface area (Å²) in [6, 6.07) is 14.5. The summed E-state index contributed by atoms with van der Waals surface area (Å²) in [5.74, 6) is 2.45. The van der Waals surface area contributed by atoms with Crippen LogP contribution in [0, 0.1) is 20.8 Å². The van der Waals surface area contributed by atoms with Gasteiger partial charge in [-0.2, -0.15) is 0 Å². The SMILES string of the molecule is Cc1cccc(-c2nc(CSc3nnc(COc4cccc(C)c4C)n3C)cs2)c1. The molecule has 0 atom stereocenters. The van der Waals surface area contributed by atoms with Crippen molar-refractivity contribution in [3.05, 3.63) is 76.1 Å². The van der Waals surface area contributed by atoms with Crippen molar-refractivity contribution in [2.24, 2.45) is 7.05 Å². The standard InChI is InChI=1S/C23H24N4OS2/c1-15-7-5-9-18(11-15)22-24-19(13-29-22)14-30-23-26-25-21(27(23)4)12-28-20-10-6-8-16(2)17(20)3/h5-11,13H,12,14H2,1-4H3. The molecule has 2 aromatic heterocycles. The van der Waals surface area contributed by atoms with Crippen LogP contribution in [0.15, 0.2) is 53.0 Å². The molecule has 2 heterocycles. The first-order valence-corrected chi connectivity index (χ1v) is 11.6. The number of thioether (sulfide) groups is 1. The van der Waals surface area contributed by atoms with Crippen LogP contribution >= 0.6 is 23.1 Å². The summed E-state index contributed by atoms with van der Waals surface area (Å²) in [4.78, 5) is 4.78. The number of rotatable bonds is 7. The van der Waals surface area contributed by atoms with Gasteiger partial charge in [0.25, 0.3) is 0 Å². The van der Waals surface area contributed by atoms with E-state index in [0.717, 1.165) is 38.7 Å². The minimum atomic E-state index is 0.391. The first-order chi connectivity index (χ1) is 14.5. The van der Waals surface area contributed by atoms with Crippen molar-refractivity contribution in [2.75, 3.05) is 0 Å². The summed E-state index contributed by atoms with van der Waals surface area (Å²) in [6.45, 7) is 6.65. The zero-order valence-electron chi connectivity index (χ0n) is 17.5. The van der Waals surface area contributed by atoms with Crippen molar-refractivity contribution in [2.45, 2.75) is 38.3 Å². The predicted molar refractivity (Wildman–Crippen MR) is 123 cm³/mol. The molecule has 0 spiro atoms. The molecular weight excluding hydrogens is 412 g/mol. The molecule has 7 heteroatoms. The molecule has 0 amide bonds. The van der Waals surface area contributed by atoms with Gasteiger partial charge in [0.1, 0.15) is 17.4 Å². The number of benzene rings is 2. The van der Waals surface area contributed by atoms with E-state index in [4.69, 9.17) is 9.72 Å². The molecule has 0 bridgehead atoms. The van der Waals surface area contributed by atoms with Gasteiger partial charge in [-0.1, -0.05) is 47.7 Å². The predicted octanol–water partition coefficient (Wildman–Crippen LogP) is 5.74. The zero-order valence-corrected chi connectivity index (χ0v) is 19.2. The van der Waals surface area contributed by atoms with Gasteiger partial charge in [-0.05, 0) is 44.0 Å². The molecule has 154 valence electrons. The molecule has 0 saturated heterocycles. The topological polar surface area (TPSA) is 52.8 Å². The lowest BCUT2D eigenvalue weighted by molar-refractivity contribution is 0.288. The number of thiazole rings is 1. The highest BCUT2D eigenvalue weighted by Gasteiger charge is 2.12. The van der Waals surface area contributed by atoms with Gasteiger partial charge < -0.3 is 9.30 Å². The van der Waals surface area contributed by atoms with Gasteiger partial charge in [-0.15, -0.1) is 21.5 Å². The fraction of sp³-hybridized carbons (Fsp3) is 0.261. The average molecular weight is 437 g/mol. The molecule has 0 N–H and O–H groups in total. The van der Waals surface area contributed by atoms with Crippen LogP contribution in [0.2, 0.25) is 0 Å². The van der Waals surface area contributed by atoms with Gasteiger partial charge in [0, 0.05) is 23.7 Å².